The molecule has 1 aliphatic carbocycles. The number of hydrogen-bond acceptors (Lipinski definition) is 4. The Morgan fingerprint density at radius 2 is 2.23 bits per heavy atom. The second kappa shape index (κ2) is 8.93. The van der Waals surface area contributed by atoms with E-state index in [1.54, 1.807) is 17.0 Å². The molecule has 26 heavy (non-hydrogen) atoms. The van der Waals surface area contributed by atoms with Crippen molar-refractivity contribution in [3.05, 3.63) is 23.2 Å². The molecule has 144 valence electrons. The van der Waals surface area contributed by atoms with Crippen molar-refractivity contribution in [2.24, 2.45) is 5.92 Å². The lowest BCUT2D eigenvalue weighted by Gasteiger charge is -2.34. The highest BCUT2D eigenvalue weighted by Gasteiger charge is 2.25. The molecule has 0 spiro atoms. The number of nitrogens with one attached hydrogen (secondary N) is 1. The molecule has 1 atom stereocenters. The van der Waals surface area contributed by atoms with Gasteiger partial charge < -0.3 is 24.6 Å². The Labute approximate surface area is 160 Å². The van der Waals surface area contributed by atoms with Gasteiger partial charge in [0.15, 0.2) is 0 Å². The van der Waals surface area contributed by atoms with Crippen LogP contribution in [0.1, 0.15) is 19.3 Å². The molecule has 3 rings (SSSR count). The number of halogens is 1. The zero-order chi connectivity index (χ0) is 18.5. The summed E-state index contributed by atoms with van der Waals surface area (Å²) in [6.45, 7) is 3.17. The zero-order valence-electron chi connectivity index (χ0n) is 15.5. The van der Waals surface area contributed by atoms with E-state index in [2.05, 4.69) is 10.2 Å². The molecule has 1 aliphatic heterocycles. The molecular weight excluding hydrogens is 354 g/mol. The SMILES string of the molecule is CN(C)C[C@H]1CN(C(=O)Nc2cc(Cl)ccc2OCC2CCC2)CCO1. The van der Waals surface area contributed by atoms with Crippen molar-refractivity contribution in [1.82, 2.24) is 9.80 Å². The van der Waals surface area contributed by atoms with Crippen LogP contribution in [0.5, 0.6) is 5.75 Å². The van der Waals surface area contributed by atoms with Crippen LogP contribution >= 0.6 is 11.6 Å². The van der Waals surface area contributed by atoms with E-state index < -0.39 is 0 Å². The second-order valence-corrected chi connectivity index (χ2v) is 7.82. The number of benzene rings is 1. The first-order valence-corrected chi connectivity index (χ1v) is 9.63. The van der Waals surface area contributed by atoms with Crippen LogP contribution in [0.25, 0.3) is 0 Å². The van der Waals surface area contributed by atoms with Gasteiger partial charge in [0.05, 0.1) is 25.0 Å². The minimum absolute atomic E-state index is 0.0261. The van der Waals surface area contributed by atoms with E-state index in [-0.39, 0.29) is 12.1 Å². The molecule has 1 aromatic rings. The molecule has 1 aromatic carbocycles. The lowest BCUT2D eigenvalue weighted by atomic mass is 9.86. The standard InChI is InChI=1S/C19H28ClN3O3/c1-22(2)11-16-12-23(8-9-25-16)19(24)21-17-10-15(20)6-7-18(17)26-13-14-4-3-5-14/h6-7,10,14,16H,3-5,8-9,11-13H2,1-2H3,(H,21,24)/t16-/m0/s1. The number of carbonyl (C=O) groups excluding carboxylic acids is 1. The van der Waals surface area contributed by atoms with Crippen LogP contribution in [0.4, 0.5) is 10.5 Å². The summed E-state index contributed by atoms with van der Waals surface area (Å²) in [7, 11) is 4.00. The number of amides is 2. The third kappa shape index (κ3) is 5.25. The number of carbonyl (C=O) groups is 1. The van der Waals surface area contributed by atoms with Gasteiger partial charge in [-0.15, -0.1) is 0 Å². The molecule has 2 amide bonds. The van der Waals surface area contributed by atoms with Crippen LogP contribution in [-0.4, -0.2) is 68.9 Å². The maximum Gasteiger partial charge on any atom is 0.322 e. The summed E-state index contributed by atoms with van der Waals surface area (Å²) >= 11 is 6.12. The largest absolute Gasteiger partial charge is 0.491 e. The van der Waals surface area contributed by atoms with Crippen LogP contribution < -0.4 is 10.1 Å². The van der Waals surface area contributed by atoms with Gasteiger partial charge >= 0.3 is 6.03 Å². The molecule has 0 radical (unpaired) electrons. The number of hydrogen-bond donors (Lipinski definition) is 1. The molecule has 1 saturated heterocycles. The molecule has 0 aromatic heterocycles. The maximum absolute atomic E-state index is 12.7. The Bertz CT molecular complexity index is 622. The highest BCUT2D eigenvalue weighted by Crippen LogP contribution is 2.32. The summed E-state index contributed by atoms with van der Waals surface area (Å²) in [5, 5.41) is 3.54. The van der Waals surface area contributed by atoms with Crippen molar-refractivity contribution in [2.75, 3.05) is 52.3 Å². The average Bonchev–Trinajstić information content (AvgIpc) is 2.55. The van der Waals surface area contributed by atoms with Crippen molar-refractivity contribution < 1.29 is 14.3 Å². The summed E-state index contributed by atoms with van der Waals surface area (Å²) in [4.78, 5) is 16.6. The van der Waals surface area contributed by atoms with Gasteiger partial charge in [-0.2, -0.15) is 0 Å². The highest BCUT2D eigenvalue weighted by atomic mass is 35.5. The smallest absolute Gasteiger partial charge is 0.322 e. The summed E-state index contributed by atoms with van der Waals surface area (Å²) in [5.41, 5.74) is 0.623. The number of anilines is 1. The van der Waals surface area contributed by atoms with E-state index in [1.807, 2.05) is 20.2 Å². The molecule has 7 heteroatoms. The molecule has 0 unspecified atom stereocenters. The van der Waals surface area contributed by atoms with E-state index in [9.17, 15) is 4.79 Å². The van der Waals surface area contributed by atoms with E-state index >= 15 is 0 Å². The summed E-state index contributed by atoms with van der Waals surface area (Å²) in [6, 6.07) is 5.21. The Morgan fingerprint density at radius 1 is 1.42 bits per heavy atom. The van der Waals surface area contributed by atoms with Crippen molar-refractivity contribution in [2.45, 2.75) is 25.4 Å². The predicted molar refractivity (Wildman–Crippen MR) is 103 cm³/mol. The monoisotopic (exact) mass is 381 g/mol. The lowest BCUT2D eigenvalue weighted by molar-refractivity contribution is -0.0229. The average molecular weight is 382 g/mol. The Balaban J connectivity index is 1.61. The minimum Gasteiger partial charge on any atom is -0.491 e. The Kier molecular flexibility index (Phi) is 6.62. The van der Waals surface area contributed by atoms with Gasteiger partial charge in [-0.3, -0.25) is 0 Å². The van der Waals surface area contributed by atoms with Crippen molar-refractivity contribution in [3.8, 4) is 5.75 Å². The number of urea groups is 1. The van der Waals surface area contributed by atoms with Crippen LogP contribution in [0.2, 0.25) is 5.02 Å². The third-order valence-corrected chi connectivity index (χ3v) is 5.11. The number of ether oxygens (including phenoxy) is 2. The van der Waals surface area contributed by atoms with E-state index in [1.165, 1.54) is 19.3 Å². The first-order valence-electron chi connectivity index (χ1n) is 9.26. The van der Waals surface area contributed by atoms with Gasteiger partial charge in [0.25, 0.3) is 0 Å². The molecule has 2 aliphatic rings. The molecule has 0 bridgehead atoms. The quantitative estimate of drug-likeness (QED) is 0.821. The topological polar surface area (TPSA) is 54.0 Å². The first-order chi connectivity index (χ1) is 12.5. The molecule has 6 nitrogen and oxygen atoms in total. The number of likely N-dealkylation sites (N-methyl/N-ethyl adjacent to an activating group) is 1. The summed E-state index contributed by atoms with van der Waals surface area (Å²) in [6.07, 6.45) is 3.74. The molecule has 1 saturated carbocycles. The van der Waals surface area contributed by atoms with E-state index in [0.717, 1.165) is 6.54 Å². The highest BCUT2D eigenvalue weighted by molar-refractivity contribution is 6.31. The van der Waals surface area contributed by atoms with Crippen molar-refractivity contribution in [3.63, 3.8) is 0 Å². The third-order valence-electron chi connectivity index (χ3n) is 4.88. The second-order valence-electron chi connectivity index (χ2n) is 7.38. The first kappa shape index (κ1) is 19.3. The number of rotatable bonds is 6. The van der Waals surface area contributed by atoms with Crippen LogP contribution in [0.3, 0.4) is 0 Å². The summed E-state index contributed by atoms with van der Waals surface area (Å²) in [5.74, 6) is 1.30. The number of morpholine rings is 1. The fourth-order valence-electron chi connectivity index (χ4n) is 3.21. The molecule has 2 fully saturated rings. The number of nitrogens with zero attached hydrogens (tertiary/aromatic N) is 2. The van der Waals surface area contributed by atoms with Gasteiger partial charge in [-0.25, -0.2) is 4.79 Å². The van der Waals surface area contributed by atoms with Crippen LogP contribution in [0.15, 0.2) is 18.2 Å². The van der Waals surface area contributed by atoms with Gasteiger partial charge in [-0.1, -0.05) is 18.0 Å². The fraction of sp³-hybridized carbons (Fsp3) is 0.632. The predicted octanol–water partition coefficient (Wildman–Crippen LogP) is 3.31. The zero-order valence-corrected chi connectivity index (χ0v) is 16.3. The van der Waals surface area contributed by atoms with Crippen LogP contribution in [-0.2, 0) is 4.74 Å². The van der Waals surface area contributed by atoms with Gasteiger partial charge in [0.1, 0.15) is 5.75 Å². The molecule has 1 heterocycles. The van der Waals surface area contributed by atoms with Gasteiger partial charge in [0.2, 0.25) is 0 Å². The Morgan fingerprint density at radius 3 is 2.92 bits per heavy atom. The van der Waals surface area contributed by atoms with Crippen LogP contribution in [0, 0.1) is 5.92 Å². The Hall–Kier alpha value is -1.50. The van der Waals surface area contributed by atoms with Gasteiger partial charge in [0, 0.05) is 24.7 Å². The van der Waals surface area contributed by atoms with Crippen molar-refractivity contribution in [1.29, 1.82) is 0 Å². The minimum atomic E-state index is -0.146. The fourth-order valence-corrected chi connectivity index (χ4v) is 3.38. The van der Waals surface area contributed by atoms with E-state index in [4.69, 9.17) is 21.1 Å². The molecule has 1 N–H and O–H groups in total. The van der Waals surface area contributed by atoms with Gasteiger partial charge in [-0.05, 0) is 51.1 Å². The maximum atomic E-state index is 12.7. The molecular formula is C19H28ClN3O3. The van der Waals surface area contributed by atoms with E-state index in [0.29, 0.717) is 48.7 Å². The van der Waals surface area contributed by atoms with Crippen molar-refractivity contribution >= 4 is 23.3 Å². The normalized spacial score (nSPS) is 20.8. The lowest BCUT2D eigenvalue weighted by Crippen LogP contribution is -2.50. The summed E-state index contributed by atoms with van der Waals surface area (Å²) < 4.78 is 11.7.